The lowest BCUT2D eigenvalue weighted by atomic mass is 10.3. The number of aliphatic hydroxyl groups is 1. The number of likely N-dealkylation sites (N-methyl/N-ethyl adjacent to an activating group) is 2. The van der Waals surface area contributed by atoms with Crippen molar-refractivity contribution in [2.45, 2.75) is 34.6 Å². The first-order valence-corrected chi connectivity index (χ1v) is 12.7. The Morgan fingerprint density at radius 1 is 0.676 bits per heavy atom. The normalized spacial score (nSPS) is 9.59. The summed E-state index contributed by atoms with van der Waals surface area (Å²) in [7, 11) is 0. The van der Waals surface area contributed by atoms with Gasteiger partial charge >= 0.3 is 0 Å². The smallest absolute Gasteiger partial charge is 0.0967 e. The van der Waals surface area contributed by atoms with Gasteiger partial charge in [0, 0.05) is 44.2 Å². The first-order chi connectivity index (χ1) is 16.2. The number of para-hydroxylation sites is 2. The number of alkyl halides is 2. The van der Waals surface area contributed by atoms with Crippen LogP contribution in [0.1, 0.15) is 34.6 Å². The Morgan fingerprint density at radius 2 is 1.06 bits per heavy atom. The highest BCUT2D eigenvalue weighted by Gasteiger charge is 2.03. The van der Waals surface area contributed by atoms with E-state index in [4.69, 9.17) is 37.8 Å². The summed E-state index contributed by atoms with van der Waals surface area (Å²) in [6.45, 7) is 13.1. The number of rotatable bonds is 14. The first-order valence-electron chi connectivity index (χ1n) is 11.7. The Morgan fingerprint density at radius 3 is 1.38 bits per heavy atom. The molecule has 0 aromatic heterocycles. The number of hydrogen-bond donors (Lipinski definition) is 1. The van der Waals surface area contributed by atoms with Crippen LogP contribution in [0.3, 0.4) is 0 Å². The van der Waals surface area contributed by atoms with Crippen LogP contribution in [0.4, 0.5) is 11.4 Å². The van der Waals surface area contributed by atoms with Crippen molar-refractivity contribution in [3.05, 3.63) is 60.7 Å². The summed E-state index contributed by atoms with van der Waals surface area (Å²) in [5.41, 5.74) is 2.49. The van der Waals surface area contributed by atoms with Crippen LogP contribution in [0.15, 0.2) is 60.7 Å². The highest BCUT2D eigenvalue weighted by molar-refractivity contribution is 6.40. The van der Waals surface area contributed by atoms with Crippen LogP contribution < -0.4 is 9.80 Å². The van der Waals surface area contributed by atoms with Crippen molar-refractivity contribution in [3.63, 3.8) is 0 Å². The summed E-state index contributed by atoms with van der Waals surface area (Å²) in [5.74, 6) is 0. The van der Waals surface area contributed by atoms with E-state index in [2.05, 4.69) is 67.0 Å². The number of benzene rings is 2. The zero-order valence-electron chi connectivity index (χ0n) is 20.5. The fourth-order valence-electron chi connectivity index (χ4n) is 2.98. The average molecular weight is 518 g/mol. The zero-order valence-corrected chi connectivity index (χ0v) is 22.0. The highest BCUT2D eigenvalue weighted by atomic mass is 35.5. The van der Waals surface area contributed by atoms with Gasteiger partial charge in [0.1, 0.15) is 0 Å². The molecule has 7 heteroatoms. The number of anilines is 2. The molecule has 0 fully saturated rings. The number of hydrogen-bond acceptors (Lipinski definition) is 5. The Kier molecular flexibility index (Phi) is 26.6. The van der Waals surface area contributed by atoms with Crippen molar-refractivity contribution in [1.29, 1.82) is 0 Å². The summed E-state index contributed by atoms with van der Waals surface area (Å²) in [5, 5.41) is 8.76. The average Bonchev–Trinajstić information content (AvgIpc) is 2.86. The SMILES string of the molecule is C.CCCOCCN(CC)c1ccccc1.CCN(CCOCCO)c1ccccc1.ClCCl. The summed E-state index contributed by atoms with van der Waals surface area (Å²) >= 11 is 9.53. The number of nitrogens with zero attached hydrogens (tertiary/aromatic N) is 2. The fraction of sp³-hybridized carbons (Fsp3) is 0.556. The summed E-state index contributed by atoms with van der Waals surface area (Å²) in [6.07, 6.45) is 1.09. The molecule has 2 rings (SSSR count). The van der Waals surface area contributed by atoms with Crippen LogP contribution in [0, 0.1) is 0 Å². The van der Waals surface area contributed by atoms with Crippen molar-refractivity contribution in [2.75, 3.05) is 74.4 Å². The second-order valence-corrected chi connectivity index (χ2v) is 7.69. The Balaban J connectivity index is 0. The minimum Gasteiger partial charge on any atom is -0.394 e. The van der Waals surface area contributed by atoms with Gasteiger partial charge in [-0.2, -0.15) is 0 Å². The molecule has 0 radical (unpaired) electrons. The summed E-state index contributed by atoms with van der Waals surface area (Å²) < 4.78 is 10.7. The van der Waals surface area contributed by atoms with E-state index >= 15 is 0 Å². The molecule has 2 aromatic carbocycles. The third kappa shape index (κ3) is 17.9. The molecule has 2 aromatic rings. The molecule has 0 saturated heterocycles. The Labute approximate surface area is 218 Å². The molecule has 0 unspecified atom stereocenters. The molecular weight excluding hydrogens is 471 g/mol. The lowest BCUT2D eigenvalue weighted by molar-refractivity contribution is 0.0967. The van der Waals surface area contributed by atoms with Crippen LogP contribution >= 0.6 is 23.2 Å². The van der Waals surface area contributed by atoms with E-state index in [0.29, 0.717) is 13.2 Å². The molecule has 0 aliphatic heterocycles. The van der Waals surface area contributed by atoms with Crippen molar-refractivity contribution in [1.82, 2.24) is 0 Å². The maximum Gasteiger partial charge on any atom is 0.0967 e. The van der Waals surface area contributed by atoms with Gasteiger partial charge in [0.15, 0.2) is 0 Å². The van der Waals surface area contributed by atoms with Crippen molar-refractivity contribution < 1.29 is 14.6 Å². The van der Waals surface area contributed by atoms with Gasteiger partial charge in [-0.05, 0) is 44.5 Å². The van der Waals surface area contributed by atoms with Crippen LogP contribution in [-0.4, -0.2) is 69.7 Å². The van der Waals surface area contributed by atoms with Gasteiger partial charge in [0.2, 0.25) is 0 Å². The monoisotopic (exact) mass is 516 g/mol. The quantitative estimate of drug-likeness (QED) is 0.228. The molecule has 0 aliphatic carbocycles. The van der Waals surface area contributed by atoms with E-state index < -0.39 is 0 Å². The van der Waals surface area contributed by atoms with Crippen molar-refractivity contribution in [3.8, 4) is 0 Å². The van der Waals surface area contributed by atoms with Crippen LogP contribution in [0.2, 0.25) is 0 Å². The lowest BCUT2D eigenvalue weighted by Crippen LogP contribution is -2.27. The first kappa shape index (κ1) is 34.7. The lowest BCUT2D eigenvalue weighted by Gasteiger charge is -2.22. The fourth-order valence-corrected chi connectivity index (χ4v) is 2.98. The predicted molar refractivity (Wildman–Crippen MR) is 151 cm³/mol. The Hall–Kier alpha value is -1.50. The second kappa shape index (κ2) is 26.1. The van der Waals surface area contributed by atoms with E-state index in [1.54, 1.807) is 0 Å². The second-order valence-electron chi connectivity index (χ2n) is 6.88. The van der Waals surface area contributed by atoms with E-state index in [-0.39, 0.29) is 19.4 Å². The third-order valence-electron chi connectivity index (χ3n) is 4.60. The summed E-state index contributed by atoms with van der Waals surface area (Å²) in [6, 6.07) is 20.7. The van der Waals surface area contributed by atoms with Crippen molar-refractivity contribution >= 4 is 34.6 Å². The Bertz CT molecular complexity index is 581. The van der Waals surface area contributed by atoms with Gasteiger partial charge in [-0.15, -0.1) is 23.2 Å². The molecule has 0 spiro atoms. The molecule has 0 atom stereocenters. The highest BCUT2D eigenvalue weighted by Crippen LogP contribution is 2.12. The van der Waals surface area contributed by atoms with Crippen molar-refractivity contribution in [2.24, 2.45) is 0 Å². The molecule has 0 heterocycles. The number of aliphatic hydroxyl groups excluding tert-OH is 1. The minimum atomic E-state index is 0. The molecule has 196 valence electrons. The third-order valence-corrected chi connectivity index (χ3v) is 4.60. The molecular formula is C27H46Cl2N2O3. The number of ether oxygens (including phenoxy) is 2. The van der Waals surface area contributed by atoms with Gasteiger partial charge < -0.3 is 24.4 Å². The molecule has 0 amide bonds. The molecule has 0 bridgehead atoms. The molecule has 0 aliphatic rings. The molecule has 5 nitrogen and oxygen atoms in total. The molecule has 0 saturated carbocycles. The topological polar surface area (TPSA) is 45.2 Å². The van der Waals surface area contributed by atoms with Gasteiger partial charge in [0.25, 0.3) is 0 Å². The van der Waals surface area contributed by atoms with Gasteiger partial charge in [-0.25, -0.2) is 0 Å². The van der Waals surface area contributed by atoms with Crippen LogP contribution in [-0.2, 0) is 9.47 Å². The maximum absolute atomic E-state index is 8.57. The predicted octanol–water partition coefficient (Wildman–Crippen LogP) is 6.52. The number of halogens is 2. The van der Waals surface area contributed by atoms with E-state index in [0.717, 1.165) is 45.8 Å². The minimum absolute atomic E-state index is 0. The van der Waals surface area contributed by atoms with Gasteiger partial charge in [0.05, 0.1) is 31.8 Å². The standard InChI is InChI=1S/C13H21NO.C12H19NO2.CH2Cl2.CH4/c1-3-11-15-12-10-14(4-2)13-8-6-5-7-9-13;1-2-13(8-10-15-11-9-14)12-6-4-3-5-7-12;2-1-3;/h5-9H,3-4,10-12H2,1-2H3;3-7,14H,2,8-11H2,1H3;1H2;1H4. The summed E-state index contributed by atoms with van der Waals surface area (Å²) in [4.78, 5) is 4.58. The van der Waals surface area contributed by atoms with E-state index in [1.165, 1.54) is 11.4 Å². The van der Waals surface area contributed by atoms with E-state index in [9.17, 15) is 0 Å². The molecule has 34 heavy (non-hydrogen) atoms. The largest absolute Gasteiger partial charge is 0.394 e. The van der Waals surface area contributed by atoms with Crippen LogP contribution in [0.25, 0.3) is 0 Å². The maximum atomic E-state index is 8.57. The van der Waals surface area contributed by atoms with Crippen LogP contribution in [0.5, 0.6) is 0 Å². The van der Waals surface area contributed by atoms with Gasteiger partial charge in [-0.1, -0.05) is 50.7 Å². The zero-order chi connectivity index (χ0) is 24.6. The van der Waals surface area contributed by atoms with Gasteiger partial charge in [-0.3, -0.25) is 0 Å². The van der Waals surface area contributed by atoms with E-state index in [1.807, 2.05) is 24.3 Å². The molecule has 1 N–H and O–H groups in total.